The van der Waals surface area contributed by atoms with Gasteiger partial charge in [-0.1, -0.05) is 42.5 Å². The molecule has 1 aliphatic heterocycles. The van der Waals surface area contributed by atoms with Crippen LogP contribution in [0.15, 0.2) is 53.4 Å². The molecular formula is C17H17ClOS. The minimum atomic E-state index is 0.0283. The average Bonchev–Trinajstić information content (AvgIpc) is 2.66. The second kappa shape index (κ2) is 6.66. The smallest absolute Gasteiger partial charge is 0.109 e. The highest BCUT2D eigenvalue weighted by Gasteiger charge is 2.23. The Labute approximate surface area is 129 Å². The Balaban J connectivity index is 2.00. The molecule has 0 amide bonds. The van der Waals surface area contributed by atoms with E-state index in [1.54, 1.807) is 0 Å². The monoisotopic (exact) mass is 304 g/mol. The minimum absolute atomic E-state index is 0.0283. The molecule has 0 spiro atoms. The summed E-state index contributed by atoms with van der Waals surface area (Å²) >= 11 is 7.66. The van der Waals surface area contributed by atoms with Crippen molar-refractivity contribution in [3.63, 3.8) is 0 Å². The van der Waals surface area contributed by atoms with Crippen molar-refractivity contribution in [2.24, 2.45) is 0 Å². The van der Waals surface area contributed by atoms with Crippen LogP contribution in [0.25, 0.3) is 0 Å². The van der Waals surface area contributed by atoms with Crippen molar-refractivity contribution in [3.05, 3.63) is 65.2 Å². The summed E-state index contributed by atoms with van der Waals surface area (Å²) in [5.41, 5.74) is 3.93. The quantitative estimate of drug-likeness (QED) is 0.579. The third kappa shape index (κ3) is 2.88. The summed E-state index contributed by atoms with van der Waals surface area (Å²) in [4.78, 5) is 1.32. The highest BCUT2D eigenvalue weighted by molar-refractivity contribution is 7.98. The number of hydrogen-bond donors (Lipinski definition) is 0. The molecule has 1 heterocycles. The molecule has 0 N–H and O–H groups in total. The molecule has 3 heteroatoms. The van der Waals surface area contributed by atoms with E-state index in [2.05, 4.69) is 48.5 Å². The normalized spacial score (nSPS) is 17.1. The lowest BCUT2D eigenvalue weighted by atomic mass is 9.97. The molecule has 0 aliphatic carbocycles. The van der Waals surface area contributed by atoms with E-state index in [4.69, 9.17) is 16.3 Å². The van der Waals surface area contributed by atoms with Gasteiger partial charge in [-0.3, -0.25) is 0 Å². The molecule has 0 fully saturated rings. The number of halogens is 1. The van der Waals surface area contributed by atoms with Crippen molar-refractivity contribution in [3.8, 4) is 0 Å². The molecule has 1 unspecified atom stereocenters. The van der Waals surface area contributed by atoms with E-state index in [1.165, 1.54) is 21.6 Å². The maximum Gasteiger partial charge on any atom is 0.109 e. The van der Waals surface area contributed by atoms with Gasteiger partial charge in [-0.2, -0.15) is 0 Å². The van der Waals surface area contributed by atoms with Crippen LogP contribution in [-0.4, -0.2) is 12.5 Å². The van der Waals surface area contributed by atoms with Crippen molar-refractivity contribution in [2.75, 3.05) is 12.5 Å². The summed E-state index contributed by atoms with van der Waals surface area (Å²) in [6, 6.07) is 17.1. The zero-order chi connectivity index (χ0) is 13.8. The predicted molar refractivity (Wildman–Crippen MR) is 85.6 cm³/mol. The Kier molecular flexibility index (Phi) is 4.66. The van der Waals surface area contributed by atoms with Crippen LogP contribution in [0.3, 0.4) is 0 Å². The zero-order valence-electron chi connectivity index (χ0n) is 11.2. The van der Waals surface area contributed by atoms with E-state index in [0.717, 1.165) is 12.2 Å². The van der Waals surface area contributed by atoms with Crippen molar-refractivity contribution in [1.29, 1.82) is 0 Å². The van der Waals surface area contributed by atoms with Crippen LogP contribution in [0.1, 0.15) is 29.2 Å². The number of thioether (sulfide) groups is 1. The van der Waals surface area contributed by atoms with E-state index >= 15 is 0 Å². The highest BCUT2D eigenvalue weighted by atomic mass is 35.5. The molecule has 1 nitrogen and oxygen atoms in total. The van der Waals surface area contributed by atoms with Gasteiger partial charge in [0.15, 0.2) is 0 Å². The van der Waals surface area contributed by atoms with E-state index in [1.807, 2.05) is 11.8 Å². The van der Waals surface area contributed by atoms with E-state index < -0.39 is 0 Å². The Morgan fingerprint density at radius 3 is 2.65 bits per heavy atom. The largest absolute Gasteiger partial charge is 0.369 e. The molecule has 1 aliphatic rings. The van der Waals surface area contributed by atoms with E-state index in [0.29, 0.717) is 12.5 Å². The Hall–Kier alpha value is -0.960. The van der Waals surface area contributed by atoms with Crippen LogP contribution >= 0.6 is 23.4 Å². The van der Waals surface area contributed by atoms with Crippen molar-refractivity contribution >= 4 is 23.4 Å². The van der Waals surface area contributed by atoms with Crippen LogP contribution in [0.5, 0.6) is 0 Å². The number of fused-ring (bicyclic) bond motifs is 2. The molecule has 0 saturated carbocycles. The summed E-state index contributed by atoms with van der Waals surface area (Å²) in [6.45, 7) is 0.696. The van der Waals surface area contributed by atoms with Crippen LogP contribution in [-0.2, 0) is 10.5 Å². The lowest BCUT2D eigenvalue weighted by molar-refractivity contribution is 0.0792. The fraction of sp³-hybridized carbons (Fsp3) is 0.294. The van der Waals surface area contributed by atoms with Gasteiger partial charge in [-0.05, 0) is 29.2 Å². The lowest BCUT2D eigenvalue weighted by Gasteiger charge is -2.20. The fourth-order valence-corrected chi connectivity index (χ4v) is 3.71. The number of rotatable bonds is 4. The molecular weight excluding hydrogens is 288 g/mol. The molecule has 2 aromatic rings. The fourth-order valence-electron chi connectivity index (χ4n) is 2.51. The number of benzene rings is 2. The van der Waals surface area contributed by atoms with Crippen LogP contribution in [0, 0.1) is 0 Å². The topological polar surface area (TPSA) is 9.23 Å². The molecule has 20 heavy (non-hydrogen) atoms. The first-order chi connectivity index (χ1) is 9.90. The van der Waals surface area contributed by atoms with Gasteiger partial charge in [0.2, 0.25) is 0 Å². The van der Waals surface area contributed by atoms with Crippen LogP contribution < -0.4 is 0 Å². The first-order valence-electron chi connectivity index (χ1n) is 6.87. The zero-order valence-corrected chi connectivity index (χ0v) is 12.8. The molecule has 0 saturated heterocycles. The van der Waals surface area contributed by atoms with Crippen molar-refractivity contribution in [1.82, 2.24) is 0 Å². The number of alkyl halides is 1. The van der Waals surface area contributed by atoms with Crippen molar-refractivity contribution < 1.29 is 4.74 Å². The van der Waals surface area contributed by atoms with Gasteiger partial charge in [0, 0.05) is 23.1 Å². The summed E-state index contributed by atoms with van der Waals surface area (Å²) in [7, 11) is 0. The van der Waals surface area contributed by atoms with Gasteiger partial charge in [-0.15, -0.1) is 23.4 Å². The molecule has 3 rings (SSSR count). The molecule has 0 bridgehead atoms. The minimum Gasteiger partial charge on any atom is -0.369 e. The first-order valence-corrected chi connectivity index (χ1v) is 8.39. The third-order valence-electron chi connectivity index (χ3n) is 3.48. The Morgan fingerprint density at radius 2 is 1.80 bits per heavy atom. The second-order valence-electron chi connectivity index (χ2n) is 4.82. The molecule has 104 valence electrons. The third-order valence-corrected chi connectivity index (χ3v) is 4.89. The van der Waals surface area contributed by atoms with Gasteiger partial charge in [0.25, 0.3) is 0 Å². The van der Waals surface area contributed by atoms with Crippen LogP contribution in [0.2, 0.25) is 0 Å². The number of hydrogen-bond acceptors (Lipinski definition) is 2. The van der Waals surface area contributed by atoms with Gasteiger partial charge in [0.1, 0.15) is 6.10 Å². The molecule has 0 radical (unpaired) electrons. The maximum absolute atomic E-state index is 6.16. The molecule has 1 atom stereocenters. The van der Waals surface area contributed by atoms with Gasteiger partial charge in [0.05, 0.1) is 0 Å². The Morgan fingerprint density at radius 1 is 1.05 bits per heavy atom. The summed E-state index contributed by atoms with van der Waals surface area (Å²) in [5, 5.41) is 0. The van der Waals surface area contributed by atoms with Gasteiger partial charge in [-0.25, -0.2) is 0 Å². The van der Waals surface area contributed by atoms with E-state index in [-0.39, 0.29) is 6.10 Å². The average molecular weight is 305 g/mol. The number of ether oxygens (including phenoxy) is 1. The summed E-state index contributed by atoms with van der Waals surface area (Å²) < 4.78 is 6.16. The molecule has 0 aromatic heterocycles. The standard InChI is InChI=1S/C17H17ClOS/c18-10-5-11-19-17-14-7-2-1-6-13(14)12-20-16-9-4-3-8-15(16)17/h1-4,6-9,17H,5,10-12H2. The SMILES string of the molecule is ClCCCOC1c2ccccc2CSc2ccccc21. The highest BCUT2D eigenvalue weighted by Crippen LogP contribution is 2.40. The van der Waals surface area contributed by atoms with Crippen LogP contribution in [0.4, 0.5) is 0 Å². The summed E-state index contributed by atoms with van der Waals surface area (Å²) in [6.07, 6.45) is 0.913. The predicted octanol–water partition coefficient (Wildman–Crippen LogP) is 5.03. The first kappa shape index (κ1) is 14.0. The van der Waals surface area contributed by atoms with E-state index in [9.17, 15) is 0 Å². The maximum atomic E-state index is 6.16. The van der Waals surface area contributed by atoms with Crippen molar-refractivity contribution in [2.45, 2.75) is 23.2 Å². The summed E-state index contributed by atoms with van der Waals surface area (Å²) in [5.74, 6) is 1.65. The van der Waals surface area contributed by atoms with Gasteiger partial charge < -0.3 is 4.74 Å². The lowest BCUT2D eigenvalue weighted by Crippen LogP contribution is -2.09. The molecule has 2 aromatic carbocycles. The second-order valence-corrected chi connectivity index (χ2v) is 6.21. The Bertz CT molecular complexity index is 537. The van der Waals surface area contributed by atoms with Gasteiger partial charge >= 0.3 is 0 Å².